The number of aromatic amines is 1. The number of aromatic nitrogens is 4. The van der Waals surface area contributed by atoms with Gasteiger partial charge in [-0.25, -0.2) is 0 Å². The SMILES string of the molecule is Cc1cc(Nc2cc(OCCO)nc(N(C)C3C[C@H]4CCC[C@@H](C3)N4S(=O)(=O)N3CC(C#N)C3)n2)n[nH]1. The molecule has 3 saturated heterocycles. The minimum Gasteiger partial charge on any atom is -0.475 e. The van der Waals surface area contributed by atoms with Gasteiger partial charge >= 0.3 is 0 Å². The number of aryl methyl sites for hydroxylation is 1. The van der Waals surface area contributed by atoms with Crippen LogP contribution >= 0.6 is 0 Å². The lowest BCUT2D eigenvalue weighted by Crippen LogP contribution is -2.64. The standard InChI is InChI=1S/C23H33N9O4S/c1-15-8-21(29-28-15)25-20-11-22(36-7-6-33)27-23(26-20)30(2)19-9-17-4-3-5-18(10-19)32(17)37(34,35)31-13-16(12-24)14-31/h8,11,16-19,33H,3-7,9-10,13-14H2,1-2H3,(H2,25,26,27,28,29)/t17-,18+,19?. The second-order valence-electron chi connectivity index (χ2n) is 9.98. The van der Waals surface area contributed by atoms with E-state index in [2.05, 4.69) is 31.6 Å². The molecule has 0 aromatic carbocycles. The number of piperidine rings is 2. The molecule has 0 radical (unpaired) electrons. The van der Waals surface area contributed by atoms with Gasteiger partial charge in [-0.15, -0.1) is 0 Å². The Hall–Kier alpha value is -2.99. The van der Waals surface area contributed by atoms with Gasteiger partial charge in [0, 0.05) is 56.1 Å². The first-order valence-electron chi connectivity index (χ1n) is 12.6. The van der Waals surface area contributed by atoms with Gasteiger partial charge in [0.1, 0.15) is 12.4 Å². The molecule has 0 saturated carbocycles. The maximum Gasteiger partial charge on any atom is 0.282 e. The molecule has 3 aliphatic heterocycles. The number of fused-ring (bicyclic) bond motifs is 2. The monoisotopic (exact) mass is 531 g/mol. The third-order valence-corrected chi connectivity index (χ3v) is 9.44. The zero-order valence-corrected chi connectivity index (χ0v) is 21.9. The van der Waals surface area contributed by atoms with E-state index in [0.29, 0.717) is 36.3 Å². The van der Waals surface area contributed by atoms with Crippen molar-refractivity contribution >= 4 is 27.8 Å². The highest BCUT2D eigenvalue weighted by Gasteiger charge is 2.50. The lowest BCUT2D eigenvalue weighted by atomic mass is 9.83. The normalized spacial score (nSPS) is 24.8. The number of ether oxygens (including phenoxy) is 1. The van der Waals surface area contributed by atoms with Gasteiger partial charge in [0.05, 0.1) is 18.6 Å². The van der Waals surface area contributed by atoms with Crippen molar-refractivity contribution in [3.63, 3.8) is 0 Å². The molecule has 2 bridgehead atoms. The first kappa shape index (κ1) is 25.7. The van der Waals surface area contributed by atoms with E-state index in [1.807, 2.05) is 24.9 Å². The number of hydrogen-bond acceptors (Lipinski definition) is 10. The number of nitrogens with zero attached hydrogens (tertiary/aromatic N) is 7. The van der Waals surface area contributed by atoms with Gasteiger partial charge in [0.25, 0.3) is 10.2 Å². The molecule has 0 aliphatic carbocycles. The van der Waals surface area contributed by atoms with Gasteiger partial charge in [-0.05, 0) is 32.6 Å². The van der Waals surface area contributed by atoms with Crippen LogP contribution in [0.1, 0.15) is 37.8 Å². The van der Waals surface area contributed by atoms with Crippen molar-refractivity contribution in [3.8, 4) is 11.9 Å². The van der Waals surface area contributed by atoms with Gasteiger partial charge in [-0.2, -0.15) is 37.4 Å². The molecule has 3 aliphatic rings. The van der Waals surface area contributed by atoms with Crippen LogP contribution in [0.25, 0.3) is 0 Å². The van der Waals surface area contributed by atoms with Crippen molar-refractivity contribution in [2.24, 2.45) is 5.92 Å². The Kier molecular flexibility index (Phi) is 7.21. The van der Waals surface area contributed by atoms with E-state index in [1.54, 1.807) is 10.4 Å². The maximum absolute atomic E-state index is 13.4. The summed E-state index contributed by atoms with van der Waals surface area (Å²) in [5, 5.41) is 28.5. The number of aliphatic hydroxyl groups excluding tert-OH is 1. The number of rotatable bonds is 9. The van der Waals surface area contributed by atoms with E-state index < -0.39 is 10.2 Å². The van der Waals surface area contributed by atoms with Crippen LogP contribution in [-0.2, 0) is 10.2 Å². The largest absolute Gasteiger partial charge is 0.475 e. The predicted molar refractivity (Wildman–Crippen MR) is 136 cm³/mol. The molecule has 3 N–H and O–H groups in total. The molecule has 200 valence electrons. The van der Waals surface area contributed by atoms with Crippen molar-refractivity contribution in [2.45, 2.75) is 57.2 Å². The highest BCUT2D eigenvalue weighted by molar-refractivity contribution is 7.86. The Bertz CT molecular complexity index is 1240. The molecule has 14 heteroatoms. The summed E-state index contributed by atoms with van der Waals surface area (Å²) in [5.41, 5.74) is 0.903. The van der Waals surface area contributed by atoms with Crippen molar-refractivity contribution in [3.05, 3.63) is 17.8 Å². The molecule has 5 heterocycles. The Morgan fingerprint density at radius 2 is 1.97 bits per heavy atom. The van der Waals surface area contributed by atoms with Gasteiger partial charge in [-0.3, -0.25) is 5.10 Å². The van der Waals surface area contributed by atoms with Crippen LogP contribution in [0.2, 0.25) is 0 Å². The van der Waals surface area contributed by atoms with Crippen LogP contribution in [-0.4, -0.2) is 93.8 Å². The highest BCUT2D eigenvalue weighted by atomic mass is 32.2. The van der Waals surface area contributed by atoms with Crippen LogP contribution in [0, 0.1) is 24.2 Å². The summed E-state index contributed by atoms with van der Waals surface area (Å²) in [6, 6.07) is 5.49. The van der Waals surface area contributed by atoms with Gasteiger partial charge in [0.15, 0.2) is 5.82 Å². The summed E-state index contributed by atoms with van der Waals surface area (Å²) in [4.78, 5) is 11.3. The number of anilines is 3. The van der Waals surface area contributed by atoms with Crippen molar-refractivity contribution in [1.29, 1.82) is 5.26 Å². The molecular formula is C23H33N9O4S. The second kappa shape index (κ2) is 10.4. The molecule has 1 unspecified atom stereocenters. The summed E-state index contributed by atoms with van der Waals surface area (Å²) in [7, 11) is -1.67. The number of hydrogen-bond donors (Lipinski definition) is 3. The average molecular weight is 532 g/mol. The lowest BCUT2D eigenvalue weighted by Gasteiger charge is -2.51. The van der Waals surface area contributed by atoms with Gasteiger partial charge in [0.2, 0.25) is 11.8 Å². The van der Waals surface area contributed by atoms with E-state index in [-0.39, 0.29) is 50.3 Å². The quantitative estimate of drug-likeness (QED) is 0.427. The number of aliphatic hydroxyl groups is 1. The highest BCUT2D eigenvalue weighted by Crippen LogP contribution is 2.40. The van der Waals surface area contributed by atoms with Crippen LogP contribution in [0.3, 0.4) is 0 Å². The summed E-state index contributed by atoms with van der Waals surface area (Å²) >= 11 is 0. The molecule has 5 rings (SSSR count). The molecule has 13 nitrogen and oxygen atoms in total. The van der Waals surface area contributed by atoms with Crippen molar-refractivity contribution < 1.29 is 18.3 Å². The third-order valence-electron chi connectivity index (χ3n) is 7.36. The first-order valence-corrected chi connectivity index (χ1v) is 14.0. The minimum atomic E-state index is -3.60. The van der Waals surface area contributed by atoms with Crippen LogP contribution in [0.15, 0.2) is 12.1 Å². The van der Waals surface area contributed by atoms with E-state index in [1.165, 1.54) is 4.31 Å². The zero-order chi connectivity index (χ0) is 26.2. The Morgan fingerprint density at radius 3 is 2.59 bits per heavy atom. The molecule has 2 aromatic heterocycles. The number of nitrogens with one attached hydrogen (secondary N) is 2. The fraction of sp³-hybridized carbons (Fsp3) is 0.652. The summed E-state index contributed by atoms with van der Waals surface area (Å²) < 4.78 is 35.6. The minimum absolute atomic E-state index is 0.0403. The van der Waals surface area contributed by atoms with Crippen molar-refractivity contribution in [2.75, 3.05) is 43.6 Å². The predicted octanol–water partition coefficient (Wildman–Crippen LogP) is 1.14. The van der Waals surface area contributed by atoms with E-state index in [4.69, 9.17) is 10.00 Å². The Balaban J connectivity index is 1.35. The Morgan fingerprint density at radius 1 is 1.24 bits per heavy atom. The van der Waals surface area contributed by atoms with Gasteiger partial charge < -0.3 is 20.1 Å². The fourth-order valence-electron chi connectivity index (χ4n) is 5.48. The van der Waals surface area contributed by atoms with E-state index in [9.17, 15) is 13.5 Å². The van der Waals surface area contributed by atoms with Crippen LogP contribution in [0.5, 0.6) is 5.88 Å². The molecule has 0 amide bonds. The zero-order valence-electron chi connectivity index (χ0n) is 21.0. The van der Waals surface area contributed by atoms with E-state index >= 15 is 0 Å². The van der Waals surface area contributed by atoms with Crippen LogP contribution in [0.4, 0.5) is 17.6 Å². The Labute approximate surface area is 216 Å². The molecule has 3 atom stereocenters. The lowest BCUT2D eigenvalue weighted by molar-refractivity contribution is 0.0930. The molecule has 37 heavy (non-hydrogen) atoms. The summed E-state index contributed by atoms with van der Waals surface area (Å²) in [6.07, 6.45) is 3.93. The summed E-state index contributed by atoms with van der Waals surface area (Å²) in [6.45, 7) is 2.42. The first-order chi connectivity index (χ1) is 17.8. The third kappa shape index (κ3) is 5.22. The smallest absolute Gasteiger partial charge is 0.282 e. The average Bonchev–Trinajstić information content (AvgIpc) is 3.24. The second-order valence-corrected chi connectivity index (χ2v) is 11.8. The number of nitriles is 1. The molecule has 0 spiro atoms. The number of H-pyrrole nitrogens is 1. The topological polar surface area (TPSA) is 164 Å². The van der Waals surface area contributed by atoms with E-state index in [0.717, 1.165) is 25.0 Å². The van der Waals surface area contributed by atoms with Crippen molar-refractivity contribution in [1.82, 2.24) is 28.8 Å². The van der Waals surface area contributed by atoms with Crippen LogP contribution < -0.4 is 15.0 Å². The fourth-order valence-corrected chi connectivity index (χ4v) is 7.62. The van der Waals surface area contributed by atoms with Gasteiger partial charge in [-0.1, -0.05) is 6.42 Å². The molecule has 2 aromatic rings. The maximum atomic E-state index is 13.4. The summed E-state index contributed by atoms with van der Waals surface area (Å²) in [5.74, 6) is 1.66. The molecular weight excluding hydrogens is 498 g/mol. The molecule has 3 fully saturated rings.